The minimum atomic E-state index is -4.76. The third-order valence-corrected chi connectivity index (χ3v) is 2.12. The van der Waals surface area contributed by atoms with E-state index in [0.29, 0.717) is 0 Å². The van der Waals surface area contributed by atoms with Gasteiger partial charge in [0.1, 0.15) is 24.6 Å². The first-order chi connectivity index (χ1) is 7.19. The summed E-state index contributed by atoms with van der Waals surface area (Å²) in [5.74, 6) is 0. The largest absolute Gasteiger partial charge is 0.397 e. The highest BCUT2D eigenvalue weighted by Gasteiger charge is 2.30. The third-order valence-electron chi connectivity index (χ3n) is 1.68. The maximum atomic E-state index is 10.1. The summed E-state index contributed by atoms with van der Waals surface area (Å²) < 4.78 is 32.1. The van der Waals surface area contributed by atoms with Crippen LogP contribution < -0.4 is 5.73 Å². The maximum absolute atomic E-state index is 10.1. The van der Waals surface area contributed by atoms with E-state index in [9.17, 15) is 18.3 Å². The van der Waals surface area contributed by atoms with Crippen molar-refractivity contribution in [1.29, 1.82) is 0 Å². The minimum absolute atomic E-state index is 0. The monoisotopic (exact) mass is 295 g/mol. The van der Waals surface area contributed by atoms with Crippen molar-refractivity contribution in [3.63, 3.8) is 0 Å². The molecule has 0 fully saturated rings. The molecule has 6 N–H and O–H groups in total. The lowest BCUT2D eigenvalue weighted by molar-refractivity contribution is -0.117. The van der Waals surface area contributed by atoms with Crippen molar-refractivity contribution in [1.82, 2.24) is 0 Å². The summed E-state index contributed by atoms with van der Waals surface area (Å²) in [6, 6.07) is -1.43. The van der Waals surface area contributed by atoms with Gasteiger partial charge in [-0.1, -0.05) is 0 Å². The Labute approximate surface area is 104 Å². The molecule has 0 aliphatic rings. The standard InChI is InChI=1S/C6H13NO8S.ClH/c7-3(1-8)5(10)6(11)4(9)2-15-16(12,13)14;/h1,3-6,9-11H,2,7H2,(H,12,13,14);1H/t3-,4+,5+,6+;/m0./s1. The molecule has 0 spiro atoms. The molecule has 0 radical (unpaired) electrons. The van der Waals surface area contributed by atoms with Gasteiger partial charge in [0.05, 0.1) is 12.6 Å². The van der Waals surface area contributed by atoms with Crippen LogP contribution in [-0.4, -0.2) is 65.5 Å². The number of carbonyl (C=O) groups excluding carboxylic acids is 1. The van der Waals surface area contributed by atoms with Crippen LogP contribution in [-0.2, 0) is 19.4 Å². The molecular formula is C6H14ClNO8S. The Morgan fingerprint density at radius 3 is 2.06 bits per heavy atom. The SMILES string of the molecule is Cl.N[C@@H](C=O)[C@@H](O)[C@H](O)[C@H](O)COS(=O)(=O)O. The highest BCUT2D eigenvalue weighted by atomic mass is 35.5. The summed E-state index contributed by atoms with van der Waals surface area (Å²) >= 11 is 0. The van der Waals surface area contributed by atoms with E-state index in [2.05, 4.69) is 4.18 Å². The van der Waals surface area contributed by atoms with Gasteiger partial charge < -0.3 is 25.8 Å². The predicted octanol–water partition coefficient (Wildman–Crippen LogP) is -3.16. The van der Waals surface area contributed by atoms with Crippen molar-refractivity contribution in [2.24, 2.45) is 5.73 Å². The summed E-state index contributed by atoms with van der Waals surface area (Å²) in [6.45, 7) is -0.983. The molecule has 0 saturated heterocycles. The van der Waals surface area contributed by atoms with Gasteiger partial charge in [0.25, 0.3) is 0 Å². The number of aliphatic hydroxyl groups is 3. The molecule has 0 aromatic heterocycles. The number of halogens is 1. The second-order valence-electron chi connectivity index (χ2n) is 2.97. The first-order valence-corrected chi connectivity index (χ1v) is 5.42. The Kier molecular flexibility index (Phi) is 8.83. The molecule has 0 aromatic carbocycles. The predicted molar refractivity (Wildman–Crippen MR) is 56.8 cm³/mol. The van der Waals surface area contributed by atoms with Crippen LogP contribution in [0.15, 0.2) is 0 Å². The second-order valence-corrected chi connectivity index (χ2v) is 4.07. The van der Waals surface area contributed by atoms with Gasteiger partial charge >= 0.3 is 10.4 Å². The van der Waals surface area contributed by atoms with Gasteiger partial charge in [-0.05, 0) is 0 Å². The fourth-order valence-electron chi connectivity index (χ4n) is 0.790. The van der Waals surface area contributed by atoms with Crippen molar-refractivity contribution < 1.29 is 37.3 Å². The summed E-state index contributed by atoms with van der Waals surface area (Å²) in [5.41, 5.74) is 5.04. The molecule has 104 valence electrons. The van der Waals surface area contributed by atoms with Gasteiger partial charge in [-0.2, -0.15) is 8.42 Å². The number of aliphatic hydroxyl groups excluding tert-OH is 3. The lowest BCUT2D eigenvalue weighted by Gasteiger charge is -2.23. The van der Waals surface area contributed by atoms with Crippen LogP contribution in [0.25, 0.3) is 0 Å². The van der Waals surface area contributed by atoms with Crippen LogP contribution in [0.4, 0.5) is 0 Å². The highest BCUT2D eigenvalue weighted by Crippen LogP contribution is 2.04. The second kappa shape index (κ2) is 7.89. The van der Waals surface area contributed by atoms with Gasteiger partial charge in [0, 0.05) is 0 Å². The average Bonchev–Trinajstić information content (AvgIpc) is 2.21. The van der Waals surface area contributed by atoms with Crippen LogP contribution in [0, 0.1) is 0 Å². The molecule has 11 heteroatoms. The molecule has 4 atom stereocenters. The van der Waals surface area contributed by atoms with Crippen LogP contribution in [0.2, 0.25) is 0 Å². The molecule has 0 saturated carbocycles. The van der Waals surface area contributed by atoms with Gasteiger partial charge in [-0.3, -0.25) is 4.55 Å². The molecule has 0 bridgehead atoms. The Bertz CT molecular complexity index is 322. The smallest absolute Gasteiger partial charge is 0.388 e. The quantitative estimate of drug-likeness (QED) is 0.240. The Balaban J connectivity index is 0. The highest BCUT2D eigenvalue weighted by molar-refractivity contribution is 7.80. The summed E-state index contributed by atoms with van der Waals surface area (Å²) in [4.78, 5) is 10.1. The summed E-state index contributed by atoms with van der Waals surface area (Å²) in [6.07, 6.45) is -5.35. The normalized spacial score (nSPS) is 18.6. The average molecular weight is 296 g/mol. The molecular weight excluding hydrogens is 282 g/mol. The fraction of sp³-hybridized carbons (Fsp3) is 0.833. The van der Waals surface area contributed by atoms with Crippen molar-refractivity contribution in [2.45, 2.75) is 24.4 Å². The van der Waals surface area contributed by atoms with Crippen LogP contribution in [0.3, 0.4) is 0 Å². The van der Waals surface area contributed by atoms with E-state index in [1.165, 1.54) is 0 Å². The molecule has 0 aromatic rings. The van der Waals surface area contributed by atoms with Gasteiger partial charge in [-0.25, -0.2) is 4.18 Å². The molecule has 0 unspecified atom stereocenters. The zero-order valence-corrected chi connectivity index (χ0v) is 10.0. The minimum Gasteiger partial charge on any atom is -0.388 e. The first-order valence-electron chi connectivity index (χ1n) is 4.06. The number of rotatable bonds is 7. The number of carbonyl (C=O) groups is 1. The van der Waals surface area contributed by atoms with Crippen molar-refractivity contribution >= 4 is 29.1 Å². The molecule has 0 heterocycles. The van der Waals surface area contributed by atoms with Gasteiger partial charge in [-0.15, -0.1) is 12.4 Å². The number of hydrogen-bond donors (Lipinski definition) is 5. The lowest BCUT2D eigenvalue weighted by atomic mass is 10.0. The fourth-order valence-corrected chi connectivity index (χ4v) is 1.10. The maximum Gasteiger partial charge on any atom is 0.397 e. The van der Waals surface area contributed by atoms with Gasteiger partial charge in [0.2, 0.25) is 0 Å². The Morgan fingerprint density at radius 2 is 1.71 bits per heavy atom. The van der Waals surface area contributed by atoms with Gasteiger partial charge in [0.15, 0.2) is 0 Å². The van der Waals surface area contributed by atoms with E-state index >= 15 is 0 Å². The van der Waals surface area contributed by atoms with Crippen molar-refractivity contribution in [2.75, 3.05) is 6.61 Å². The third kappa shape index (κ3) is 7.57. The van der Waals surface area contributed by atoms with Crippen LogP contribution in [0.1, 0.15) is 0 Å². The van der Waals surface area contributed by atoms with E-state index in [0.717, 1.165) is 0 Å². The van der Waals surface area contributed by atoms with Crippen LogP contribution in [0.5, 0.6) is 0 Å². The number of nitrogens with two attached hydrogens (primary N) is 1. The van der Waals surface area contributed by atoms with E-state index in [-0.39, 0.29) is 18.7 Å². The first kappa shape index (κ1) is 19.0. The molecule has 9 nitrogen and oxygen atoms in total. The Hall–Kier alpha value is -0.330. The Morgan fingerprint density at radius 1 is 1.24 bits per heavy atom. The summed E-state index contributed by atoms with van der Waals surface area (Å²) in [7, 11) is -4.76. The van der Waals surface area contributed by atoms with E-state index in [1.807, 2.05) is 0 Å². The van der Waals surface area contributed by atoms with Crippen molar-refractivity contribution in [3.05, 3.63) is 0 Å². The van der Waals surface area contributed by atoms with E-state index in [1.54, 1.807) is 0 Å². The molecule has 0 aliphatic heterocycles. The zero-order chi connectivity index (χ0) is 12.9. The van der Waals surface area contributed by atoms with E-state index in [4.69, 9.17) is 20.5 Å². The lowest BCUT2D eigenvalue weighted by Crippen LogP contribution is -2.50. The summed E-state index contributed by atoms with van der Waals surface area (Å²) in [5, 5.41) is 27.5. The topological polar surface area (TPSA) is 167 Å². The molecule has 17 heavy (non-hydrogen) atoms. The number of aldehydes is 1. The zero-order valence-electron chi connectivity index (χ0n) is 8.41. The van der Waals surface area contributed by atoms with E-state index < -0.39 is 41.4 Å². The molecule has 0 amide bonds. The van der Waals surface area contributed by atoms with Crippen LogP contribution >= 0.6 is 12.4 Å². The number of hydrogen-bond acceptors (Lipinski definition) is 8. The molecule has 0 rings (SSSR count). The molecule has 0 aliphatic carbocycles. The van der Waals surface area contributed by atoms with Crippen molar-refractivity contribution in [3.8, 4) is 0 Å².